The Hall–Kier alpha value is -2.54. The molecule has 1 saturated heterocycles. The van der Waals surface area contributed by atoms with Gasteiger partial charge in [0.25, 0.3) is 0 Å². The van der Waals surface area contributed by atoms with Crippen LogP contribution in [-0.4, -0.2) is 24.0 Å². The van der Waals surface area contributed by atoms with E-state index in [2.05, 4.69) is 43.0 Å². The molecule has 3 aromatic rings. The molecule has 1 amide bonds. The SMILES string of the molecule is CC1Cc2cc(F)c(SN)cc2N1C(=O)[C@H]1CN(c2ccc(-c3ccccc3Cl)cc2)C1(C)C. The van der Waals surface area contributed by atoms with Crippen LogP contribution in [0, 0.1) is 11.7 Å². The first-order valence-corrected chi connectivity index (χ1v) is 12.6. The van der Waals surface area contributed by atoms with Gasteiger partial charge in [-0.15, -0.1) is 0 Å². The number of nitrogens with two attached hydrogens (primary N) is 1. The summed E-state index contributed by atoms with van der Waals surface area (Å²) in [6.45, 7) is 6.86. The summed E-state index contributed by atoms with van der Waals surface area (Å²) in [7, 11) is 0. The van der Waals surface area contributed by atoms with E-state index in [1.165, 1.54) is 6.07 Å². The van der Waals surface area contributed by atoms with Crippen LogP contribution >= 0.6 is 23.5 Å². The van der Waals surface area contributed by atoms with Crippen LogP contribution in [0.2, 0.25) is 5.02 Å². The van der Waals surface area contributed by atoms with Gasteiger partial charge in [0.1, 0.15) is 5.82 Å². The van der Waals surface area contributed by atoms with Gasteiger partial charge in [0.05, 0.1) is 10.8 Å². The summed E-state index contributed by atoms with van der Waals surface area (Å²) in [5.41, 5.74) is 4.43. The molecule has 0 spiro atoms. The molecule has 2 aliphatic rings. The molecule has 176 valence electrons. The van der Waals surface area contributed by atoms with Crippen molar-refractivity contribution in [1.82, 2.24) is 0 Å². The van der Waals surface area contributed by atoms with Crippen LogP contribution in [0.25, 0.3) is 11.1 Å². The van der Waals surface area contributed by atoms with Crippen LogP contribution in [0.4, 0.5) is 15.8 Å². The van der Waals surface area contributed by atoms with Gasteiger partial charge in [-0.3, -0.25) is 9.93 Å². The van der Waals surface area contributed by atoms with E-state index in [4.69, 9.17) is 16.7 Å². The Morgan fingerprint density at radius 2 is 1.85 bits per heavy atom. The largest absolute Gasteiger partial charge is 0.365 e. The van der Waals surface area contributed by atoms with Gasteiger partial charge in [-0.1, -0.05) is 41.9 Å². The minimum atomic E-state index is -0.350. The molecule has 34 heavy (non-hydrogen) atoms. The van der Waals surface area contributed by atoms with Gasteiger partial charge in [0.15, 0.2) is 0 Å². The molecule has 1 fully saturated rings. The fourth-order valence-electron chi connectivity index (χ4n) is 5.26. The molecule has 1 unspecified atom stereocenters. The lowest BCUT2D eigenvalue weighted by Crippen LogP contribution is -2.69. The normalized spacial score (nSPS) is 20.8. The van der Waals surface area contributed by atoms with Crippen LogP contribution < -0.4 is 14.9 Å². The minimum Gasteiger partial charge on any atom is -0.365 e. The number of rotatable bonds is 4. The maximum absolute atomic E-state index is 14.2. The molecule has 3 aromatic carbocycles. The molecule has 0 aliphatic carbocycles. The van der Waals surface area contributed by atoms with Crippen LogP contribution in [0.1, 0.15) is 26.3 Å². The van der Waals surface area contributed by atoms with Crippen LogP contribution in [0.5, 0.6) is 0 Å². The fourth-order valence-corrected chi connectivity index (χ4v) is 5.86. The Morgan fingerprint density at radius 1 is 1.15 bits per heavy atom. The number of nitrogens with zero attached hydrogens (tertiary/aromatic N) is 2. The first-order valence-electron chi connectivity index (χ1n) is 11.4. The maximum Gasteiger partial charge on any atom is 0.234 e. The summed E-state index contributed by atoms with van der Waals surface area (Å²) in [6.07, 6.45) is 0.647. The number of halogens is 2. The number of hydrogen-bond donors (Lipinski definition) is 1. The van der Waals surface area contributed by atoms with Gasteiger partial charge in [-0.25, -0.2) is 4.39 Å². The first kappa shape index (κ1) is 23.2. The predicted octanol–water partition coefficient (Wildman–Crippen LogP) is 6.30. The average molecular weight is 496 g/mol. The summed E-state index contributed by atoms with van der Waals surface area (Å²) in [5, 5.41) is 6.36. The van der Waals surface area contributed by atoms with Crippen molar-refractivity contribution < 1.29 is 9.18 Å². The number of amides is 1. The zero-order valence-electron chi connectivity index (χ0n) is 19.4. The predicted molar refractivity (Wildman–Crippen MR) is 139 cm³/mol. The van der Waals surface area contributed by atoms with Crippen molar-refractivity contribution in [2.45, 2.75) is 43.7 Å². The molecule has 2 atom stereocenters. The maximum atomic E-state index is 14.2. The van der Waals surface area contributed by atoms with E-state index in [1.54, 1.807) is 6.07 Å². The quantitative estimate of drug-likeness (QED) is 0.431. The second kappa shape index (κ2) is 8.59. The fraction of sp³-hybridized carbons (Fsp3) is 0.296. The number of carbonyl (C=O) groups is 1. The smallest absolute Gasteiger partial charge is 0.234 e. The Kier molecular flexibility index (Phi) is 5.87. The molecule has 0 bridgehead atoms. The van der Waals surface area contributed by atoms with Gasteiger partial charge in [0, 0.05) is 40.1 Å². The van der Waals surface area contributed by atoms with Crippen molar-refractivity contribution in [3.8, 4) is 11.1 Å². The summed E-state index contributed by atoms with van der Waals surface area (Å²) in [4.78, 5) is 18.2. The Balaban J connectivity index is 1.37. The zero-order chi connectivity index (χ0) is 24.2. The Labute approximate surface area is 209 Å². The van der Waals surface area contributed by atoms with Crippen molar-refractivity contribution >= 4 is 40.8 Å². The molecular weight excluding hydrogens is 469 g/mol. The summed E-state index contributed by atoms with van der Waals surface area (Å²) < 4.78 is 14.2. The van der Waals surface area contributed by atoms with E-state index in [-0.39, 0.29) is 29.2 Å². The van der Waals surface area contributed by atoms with Crippen LogP contribution in [0.3, 0.4) is 0 Å². The molecule has 2 N–H and O–H groups in total. The van der Waals surface area contributed by atoms with Gasteiger partial charge in [-0.05, 0) is 80.6 Å². The average Bonchev–Trinajstić information content (AvgIpc) is 3.13. The van der Waals surface area contributed by atoms with Crippen molar-refractivity contribution in [1.29, 1.82) is 0 Å². The lowest BCUT2D eigenvalue weighted by atomic mass is 9.75. The molecule has 0 aromatic heterocycles. The highest BCUT2D eigenvalue weighted by Crippen LogP contribution is 2.45. The number of anilines is 2. The molecule has 7 heteroatoms. The Morgan fingerprint density at radius 3 is 2.50 bits per heavy atom. The van der Waals surface area contributed by atoms with Crippen molar-refractivity contribution in [3.63, 3.8) is 0 Å². The molecular formula is C27H27ClFN3OS. The monoisotopic (exact) mass is 495 g/mol. The van der Waals surface area contributed by atoms with Crippen LogP contribution in [-0.2, 0) is 11.2 Å². The standard InChI is InChI=1S/C27H27ClFN3OS/c1-16-12-18-13-23(29)25(34-30)14-24(18)32(16)26(33)21-15-31(27(21,2)3)19-10-8-17(9-11-19)20-6-4-5-7-22(20)28/h4-11,13-14,16,21H,12,15,30H2,1-3H3/t16?,21-/m1/s1. The lowest BCUT2D eigenvalue weighted by molar-refractivity contribution is -0.126. The highest BCUT2D eigenvalue weighted by molar-refractivity contribution is 7.97. The molecule has 2 heterocycles. The highest BCUT2D eigenvalue weighted by atomic mass is 35.5. The lowest BCUT2D eigenvalue weighted by Gasteiger charge is -2.56. The van der Waals surface area contributed by atoms with Crippen molar-refractivity contribution in [2.75, 3.05) is 16.3 Å². The van der Waals surface area contributed by atoms with Gasteiger partial charge in [0.2, 0.25) is 5.91 Å². The van der Waals surface area contributed by atoms with Crippen molar-refractivity contribution in [3.05, 3.63) is 77.1 Å². The number of fused-ring (bicyclic) bond motifs is 1. The van der Waals surface area contributed by atoms with Crippen LogP contribution in [0.15, 0.2) is 65.6 Å². The van der Waals surface area contributed by atoms with E-state index in [0.717, 1.165) is 45.0 Å². The first-order chi connectivity index (χ1) is 16.2. The van der Waals surface area contributed by atoms with E-state index >= 15 is 0 Å². The van der Waals surface area contributed by atoms with Gasteiger partial charge < -0.3 is 9.80 Å². The third kappa shape index (κ3) is 3.69. The molecule has 4 nitrogen and oxygen atoms in total. The zero-order valence-corrected chi connectivity index (χ0v) is 21.0. The number of hydrogen-bond acceptors (Lipinski definition) is 4. The third-order valence-electron chi connectivity index (χ3n) is 7.29. The number of carbonyl (C=O) groups excluding carboxylic acids is 1. The summed E-state index contributed by atoms with van der Waals surface area (Å²) in [6, 6.07) is 19.3. The van der Waals surface area contributed by atoms with E-state index in [0.29, 0.717) is 17.9 Å². The third-order valence-corrected chi connectivity index (χ3v) is 8.19. The summed E-state index contributed by atoms with van der Waals surface area (Å²) >= 11 is 7.23. The minimum absolute atomic E-state index is 0.0142. The number of benzene rings is 3. The Bertz CT molecular complexity index is 1260. The van der Waals surface area contributed by atoms with E-state index < -0.39 is 0 Å². The second-order valence-electron chi connectivity index (χ2n) is 9.63. The van der Waals surface area contributed by atoms with Crippen molar-refractivity contribution in [2.24, 2.45) is 11.1 Å². The molecule has 0 radical (unpaired) electrons. The molecule has 2 aliphatic heterocycles. The van der Waals surface area contributed by atoms with E-state index in [9.17, 15) is 9.18 Å². The highest BCUT2D eigenvalue weighted by Gasteiger charge is 2.53. The van der Waals surface area contributed by atoms with Gasteiger partial charge >= 0.3 is 0 Å². The molecule has 0 saturated carbocycles. The van der Waals surface area contributed by atoms with Gasteiger partial charge in [-0.2, -0.15) is 0 Å². The second-order valence-corrected chi connectivity index (χ2v) is 10.7. The molecule has 5 rings (SSSR count). The van der Waals surface area contributed by atoms with E-state index in [1.807, 2.05) is 36.1 Å². The summed E-state index contributed by atoms with van der Waals surface area (Å²) in [5.74, 6) is -0.411. The topological polar surface area (TPSA) is 49.6 Å².